The van der Waals surface area contributed by atoms with Gasteiger partial charge in [0.15, 0.2) is 29.9 Å². The minimum atomic E-state index is -1.05. The number of hydrogen-bond donors (Lipinski definition) is 2. The molecule has 3 aliphatic heterocycles. The van der Waals surface area contributed by atoms with E-state index < -0.39 is 42.4 Å². The second kappa shape index (κ2) is 17.4. The molecule has 0 radical (unpaired) electrons. The summed E-state index contributed by atoms with van der Waals surface area (Å²) in [6, 6.07) is 16.0. The molecule has 2 bridgehead atoms. The second-order valence-corrected chi connectivity index (χ2v) is 13.9. The van der Waals surface area contributed by atoms with Gasteiger partial charge in [0, 0.05) is 29.8 Å². The Bertz CT molecular complexity index is 1990. The molecule has 1 amide bonds. The summed E-state index contributed by atoms with van der Waals surface area (Å²) in [5.74, 6) is -1.31. The molecule has 0 spiro atoms. The van der Waals surface area contributed by atoms with Crippen LogP contribution in [-0.4, -0.2) is 69.2 Å². The van der Waals surface area contributed by atoms with Crippen LogP contribution in [0.15, 0.2) is 79.1 Å². The van der Waals surface area contributed by atoms with E-state index in [2.05, 4.69) is 15.5 Å². The van der Waals surface area contributed by atoms with Gasteiger partial charge in [0.05, 0.1) is 14.2 Å². The maximum atomic E-state index is 14.3. The molecule has 12 nitrogen and oxygen atoms in total. The Hall–Kier alpha value is -5.11. The normalized spacial score (nSPS) is 18.6. The van der Waals surface area contributed by atoms with Crippen LogP contribution in [0.3, 0.4) is 0 Å². The number of aromatic nitrogens is 1. The van der Waals surface area contributed by atoms with E-state index in [1.165, 1.54) is 38.5 Å². The highest BCUT2D eigenvalue weighted by atomic mass is 35.5. The molecule has 3 aromatic carbocycles. The van der Waals surface area contributed by atoms with E-state index in [9.17, 15) is 24.0 Å². The van der Waals surface area contributed by atoms with E-state index in [0.29, 0.717) is 45.2 Å². The molecule has 3 aliphatic rings. The van der Waals surface area contributed by atoms with Crippen molar-refractivity contribution in [1.82, 2.24) is 10.2 Å². The summed E-state index contributed by atoms with van der Waals surface area (Å²) in [7, 11) is 2.95. The van der Waals surface area contributed by atoms with Crippen molar-refractivity contribution in [2.45, 2.75) is 37.5 Å². The van der Waals surface area contributed by atoms with Crippen LogP contribution in [-0.2, 0) is 25.5 Å². The quantitative estimate of drug-likeness (QED) is 0.0912. The number of pyridine rings is 1. The number of carbonyl (C=O) groups excluding carboxylic acids is 3. The molecule has 3 atom stereocenters. The molecule has 7 rings (SSSR count). The molecule has 4 aromatic rings. The summed E-state index contributed by atoms with van der Waals surface area (Å²) >= 11 is 12.7. The molecule has 0 aliphatic carbocycles. The zero-order valence-corrected chi connectivity index (χ0v) is 31.1. The highest BCUT2D eigenvalue weighted by molar-refractivity contribution is 6.35. The topological polar surface area (TPSA) is 142 Å². The van der Waals surface area contributed by atoms with Crippen LogP contribution in [0.4, 0.5) is 10.1 Å². The first-order valence-electron chi connectivity index (χ1n) is 17.3. The predicted molar refractivity (Wildman–Crippen MR) is 198 cm³/mol. The summed E-state index contributed by atoms with van der Waals surface area (Å²) in [5, 5.41) is 17.7. The Balaban J connectivity index is 1.14. The third-order valence-corrected chi connectivity index (χ3v) is 10.3. The van der Waals surface area contributed by atoms with Crippen molar-refractivity contribution >= 4 is 46.7 Å². The van der Waals surface area contributed by atoms with Gasteiger partial charge in [-0.2, -0.15) is 4.73 Å². The summed E-state index contributed by atoms with van der Waals surface area (Å²) in [6.45, 7) is 2.12. The fraction of sp³-hybridized carbons (Fsp3) is 0.333. The van der Waals surface area contributed by atoms with Gasteiger partial charge in [-0.15, -0.1) is 0 Å². The molecule has 3 fully saturated rings. The lowest BCUT2D eigenvalue weighted by Crippen LogP contribution is -2.52. The molecule has 4 heterocycles. The van der Waals surface area contributed by atoms with Crippen molar-refractivity contribution in [3.8, 4) is 11.5 Å². The van der Waals surface area contributed by atoms with Gasteiger partial charge in [-0.3, -0.25) is 14.5 Å². The van der Waals surface area contributed by atoms with Gasteiger partial charge in [-0.25, -0.2) is 9.18 Å². The summed E-state index contributed by atoms with van der Waals surface area (Å²) < 4.78 is 37.4. The Labute approximate surface area is 321 Å². The maximum Gasteiger partial charge on any atom is 0.333 e. The number of ether oxygens (including phenoxy) is 4. The van der Waals surface area contributed by atoms with Crippen molar-refractivity contribution in [3.05, 3.63) is 122 Å². The highest BCUT2D eigenvalue weighted by Crippen LogP contribution is 2.35. The average molecular weight is 782 g/mol. The van der Waals surface area contributed by atoms with Gasteiger partial charge in [0.2, 0.25) is 0 Å². The lowest BCUT2D eigenvalue weighted by Gasteiger charge is -2.44. The molecule has 3 saturated heterocycles. The summed E-state index contributed by atoms with van der Waals surface area (Å²) in [4.78, 5) is 42.4. The van der Waals surface area contributed by atoms with E-state index in [-0.39, 0.29) is 34.1 Å². The van der Waals surface area contributed by atoms with Gasteiger partial charge in [0.1, 0.15) is 34.6 Å². The first-order valence-corrected chi connectivity index (χ1v) is 18.1. The standard InChI is InChI=1S/C39H39Cl2FN4O8/c1-51-32-10-9-24(17-34(32)52-2)33(18-29-30(40)20-46(50)21-31(29)41)53-36(47)19-43-38(48)26-6-4-8-28(16-26)44-37(25-5-3-7-27(42)15-25)39(49)54-35-22-45-13-11-23(35)12-14-45/h3-10,15-17,20-21,23,33,35,37,44H,11-14,18-19,22H2,1-2H3,(H,43,48)/t33?,35-,37?/m0/s1. The Morgan fingerprint density at radius 2 is 1.67 bits per heavy atom. The van der Waals surface area contributed by atoms with Crippen LogP contribution < -0.4 is 24.8 Å². The average Bonchev–Trinajstić information content (AvgIpc) is 3.17. The molecule has 1 aromatic heterocycles. The number of halogens is 3. The number of benzene rings is 3. The molecular formula is C39H39Cl2FN4O8. The minimum absolute atomic E-state index is 0.00400. The van der Waals surface area contributed by atoms with Crippen molar-refractivity contribution in [2.24, 2.45) is 5.92 Å². The number of nitrogens with zero attached hydrogens (tertiary/aromatic N) is 2. The van der Waals surface area contributed by atoms with Crippen LogP contribution in [0.2, 0.25) is 10.0 Å². The summed E-state index contributed by atoms with van der Waals surface area (Å²) in [6.07, 6.45) is 2.97. The fourth-order valence-electron chi connectivity index (χ4n) is 6.79. The zero-order valence-electron chi connectivity index (χ0n) is 29.6. The lowest BCUT2D eigenvalue weighted by atomic mass is 9.86. The Kier molecular flexibility index (Phi) is 12.4. The number of carbonyl (C=O) groups is 3. The van der Waals surface area contributed by atoms with Gasteiger partial charge in [-0.05, 0) is 85.4 Å². The van der Waals surface area contributed by atoms with Crippen LogP contribution in [0.25, 0.3) is 0 Å². The number of hydrogen-bond acceptors (Lipinski definition) is 10. The van der Waals surface area contributed by atoms with Crippen molar-refractivity contribution in [3.63, 3.8) is 0 Å². The molecule has 284 valence electrons. The number of fused-ring (bicyclic) bond motifs is 3. The van der Waals surface area contributed by atoms with Crippen LogP contribution >= 0.6 is 23.2 Å². The largest absolute Gasteiger partial charge is 0.619 e. The molecule has 15 heteroatoms. The number of piperidine rings is 3. The number of amides is 1. The zero-order chi connectivity index (χ0) is 38.4. The number of anilines is 1. The number of esters is 2. The van der Waals surface area contributed by atoms with E-state index in [1.807, 2.05) is 0 Å². The van der Waals surface area contributed by atoms with Gasteiger partial charge >= 0.3 is 11.9 Å². The molecule has 0 saturated carbocycles. The SMILES string of the molecule is COc1ccc(C(Cc2c(Cl)c[n+]([O-])cc2Cl)OC(=O)CNC(=O)c2cccc(NC(C(=O)O[C@H]3CN4CCC3CC4)c3cccc(F)c3)c2)cc1OC. The van der Waals surface area contributed by atoms with Crippen molar-refractivity contribution in [2.75, 3.05) is 45.7 Å². The van der Waals surface area contributed by atoms with E-state index in [4.69, 9.17) is 42.1 Å². The molecule has 2 N–H and O–H groups in total. The second-order valence-electron chi connectivity index (χ2n) is 13.1. The van der Waals surface area contributed by atoms with Gasteiger partial charge < -0.3 is 34.8 Å². The third kappa shape index (κ3) is 9.33. The van der Waals surface area contributed by atoms with Crippen molar-refractivity contribution < 1.29 is 42.5 Å². The molecule has 2 unspecified atom stereocenters. The third-order valence-electron chi connectivity index (χ3n) is 9.61. The van der Waals surface area contributed by atoms with Crippen molar-refractivity contribution in [1.29, 1.82) is 0 Å². The number of methoxy groups -OCH3 is 2. The molecule has 54 heavy (non-hydrogen) atoms. The smallest absolute Gasteiger partial charge is 0.333 e. The van der Waals surface area contributed by atoms with E-state index in [1.54, 1.807) is 42.5 Å². The van der Waals surface area contributed by atoms with Crippen LogP contribution in [0, 0.1) is 16.9 Å². The summed E-state index contributed by atoms with van der Waals surface area (Å²) in [5.41, 5.74) is 1.83. The van der Waals surface area contributed by atoms with Gasteiger partial charge in [0.25, 0.3) is 5.91 Å². The monoisotopic (exact) mass is 780 g/mol. The molecular weight excluding hydrogens is 742 g/mol. The highest BCUT2D eigenvalue weighted by Gasteiger charge is 2.38. The predicted octanol–water partition coefficient (Wildman–Crippen LogP) is 5.83. The first kappa shape index (κ1) is 38.6. The maximum absolute atomic E-state index is 14.3. The Morgan fingerprint density at radius 3 is 2.33 bits per heavy atom. The van der Waals surface area contributed by atoms with Crippen LogP contribution in [0.5, 0.6) is 11.5 Å². The Morgan fingerprint density at radius 1 is 0.944 bits per heavy atom. The van der Waals surface area contributed by atoms with E-state index >= 15 is 0 Å². The van der Waals surface area contributed by atoms with Gasteiger partial charge in [-0.1, -0.05) is 47.5 Å². The van der Waals surface area contributed by atoms with Crippen LogP contribution in [0.1, 0.15) is 52.0 Å². The number of nitrogens with one attached hydrogen (secondary N) is 2. The lowest BCUT2D eigenvalue weighted by molar-refractivity contribution is -0.605. The number of rotatable bonds is 14. The minimum Gasteiger partial charge on any atom is -0.619 e. The first-order chi connectivity index (χ1) is 26.0. The van der Waals surface area contributed by atoms with E-state index in [0.717, 1.165) is 38.3 Å². The fourth-order valence-corrected chi connectivity index (χ4v) is 7.39.